The molecule has 0 radical (unpaired) electrons. The summed E-state index contributed by atoms with van der Waals surface area (Å²) in [4.78, 5) is 4.66. The topological polar surface area (TPSA) is 12.9 Å². The van der Waals surface area contributed by atoms with Gasteiger partial charge in [-0.2, -0.15) is 0 Å². The minimum Gasteiger partial charge on any atom is -0.236 e. The smallest absolute Gasteiger partial charge is 0.124 e. The van der Waals surface area contributed by atoms with Crippen LogP contribution in [0.4, 0.5) is 4.39 Å². The Morgan fingerprint density at radius 2 is 1.78 bits per heavy atom. The number of rotatable bonds is 6. The van der Waals surface area contributed by atoms with Gasteiger partial charge in [0.1, 0.15) is 10.8 Å². The lowest BCUT2D eigenvalue weighted by molar-refractivity contribution is 0.303. The highest BCUT2D eigenvalue weighted by Gasteiger charge is 2.22. The molecule has 1 aliphatic rings. The van der Waals surface area contributed by atoms with E-state index in [4.69, 9.17) is 0 Å². The van der Waals surface area contributed by atoms with Crippen LogP contribution in [0.2, 0.25) is 0 Å². The first-order valence-corrected chi connectivity index (χ1v) is 11.2. The minimum atomic E-state index is -0.196. The molecule has 0 saturated heterocycles. The van der Waals surface area contributed by atoms with Crippen molar-refractivity contribution in [1.29, 1.82) is 0 Å². The normalized spacial score (nSPS) is 20.2. The molecule has 0 amide bonds. The molecule has 0 spiro atoms. The predicted octanol–water partition coefficient (Wildman–Crippen LogP) is 7.96. The lowest BCUT2D eigenvalue weighted by Crippen LogP contribution is -2.13. The first-order chi connectivity index (χ1) is 13.2. The lowest BCUT2D eigenvalue weighted by Gasteiger charge is -2.29. The van der Waals surface area contributed by atoms with Crippen LogP contribution in [0.3, 0.4) is 0 Å². The van der Waals surface area contributed by atoms with Gasteiger partial charge in [0.05, 0.1) is 10.2 Å². The van der Waals surface area contributed by atoms with Gasteiger partial charge in [-0.3, -0.25) is 0 Å². The number of aromatic nitrogens is 1. The summed E-state index contributed by atoms with van der Waals surface area (Å²) in [7, 11) is 0. The van der Waals surface area contributed by atoms with Gasteiger partial charge in [0, 0.05) is 5.56 Å². The Kier molecular flexibility index (Phi) is 5.87. The number of hydrogen-bond donors (Lipinski definition) is 0. The summed E-state index contributed by atoms with van der Waals surface area (Å²) >= 11 is 1.56. The van der Waals surface area contributed by atoms with Crippen molar-refractivity contribution < 1.29 is 4.39 Å². The Balaban J connectivity index is 1.40. The van der Waals surface area contributed by atoms with Crippen LogP contribution in [0.25, 0.3) is 20.8 Å². The molecule has 3 heteroatoms. The molecule has 1 aromatic heterocycles. The fourth-order valence-electron chi connectivity index (χ4n) is 4.39. The predicted molar refractivity (Wildman–Crippen MR) is 114 cm³/mol. The molecule has 0 unspecified atom stereocenters. The number of halogens is 1. The highest BCUT2D eigenvalue weighted by molar-refractivity contribution is 7.21. The van der Waals surface area contributed by atoms with E-state index in [2.05, 4.69) is 36.2 Å². The molecule has 3 aromatic rings. The fraction of sp³-hybridized carbons (Fsp3) is 0.458. The van der Waals surface area contributed by atoms with Gasteiger partial charge in [-0.15, -0.1) is 11.3 Å². The molecule has 0 N–H and O–H groups in total. The van der Waals surface area contributed by atoms with Crippen LogP contribution >= 0.6 is 11.3 Å². The molecule has 142 valence electrons. The molecule has 1 heterocycles. The van der Waals surface area contributed by atoms with Gasteiger partial charge >= 0.3 is 0 Å². The molecular weight excluding hydrogens is 353 g/mol. The standard InChI is InChI=1S/C24H28FNS/c1-2-3-4-5-17-6-8-18(9-7-17)19-10-12-20(13-11-19)24-26-22-15-14-21(25)16-23(22)27-24/h10-18H,2-9H2,1H3/t17-,18-. The highest BCUT2D eigenvalue weighted by atomic mass is 32.1. The quantitative estimate of drug-likeness (QED) is 0.395. The zero-order valence-electron chi connectivity index (χ0n) is 16.1. The maximum atomic E-state index is 13.4. The van der Waals surface area contributed by atoms with Gasteiger partial charge < -0.3 is 0 Å². The summed E-state index contributed by atoms with van der Waals surface area (Å²) in [6.45, 7) is 2.28. The third kappa shape index (κ3) is 4.40. The Morgan fingerprint density at radius 3 is 2.52 bits per heavy atom. The van der Waals surface area contributed by atoms with E-state index < -0.39 is 0 Å². The zero-order chi connectivity index (χ0) is 18.6. The fourth-order valence-corrected chi connectivity index (χ4v) is 5.38. The van der Waals surface area contributed by atoms with E-state index in [-0.39, 0.29) is 5.82 Å². The first-order valence-electron chi connectivity index (χ1n) is 10.4. The molecule has 27 heavy (non-hydrogen) atoms. The number of nitrogens with zero attached hydrogens (tertiary/aromatic N) is 1. The monoisotopic (exact) mass is 381 g/mol. The minimum absolute atomic E-state index is 0.196. The summed E-state index contributed by atoms with van der Waals surface area (Å²) in [5.74, 6) is 1.47. The van der Waals surface area contributed by atoms with Gasteiger partial charge in [0.2, 0.25) is 0 Å². The van der Waals surface area contributed by atoms with E-state index in [0.29, 0.717) is 5.92 Å². The van der Waals surface area contributed by atoms with Crippen molar-refractivity contribution in [2.24, 2.45) is 5.92 Å². The summed E-state index contributed by atoms with van der Waals surface area (Å²) in [5.41, 5.74) is 3.48. The van der Waals surface area contributed by atoms with E-state index >= 15 is 0 Å². The Hall–Kier alpha value is -1.74. The van der Waals surface area contributed by atoms with Crippen LogP contribution in [-0.2, 0) is 0 Å². The van der Waals surface area contributed by atoms with Gasteiger partial charge in [0.25, 0.3) is 0 Å². The van der Waals surface area contributed by atoms with E-state index in [0.717, 1.165) is 26.7 Å². The van der Waals surface area contributed by atoms with E-state index in [1.165, 1.54) is 63.0 Å². The van der Waals surface area contributed by atoms with Crippen molar-refractivity contribution in [2.75, 3.05) is 0 Å². The molecule has 0 bridgehead atoms. The van der Waals surface area contributed by atoms with Gasteiger partial charge in [0.15, 0.2) is 0 Å². The molecule has 1 aliphatic carbocycles. The van der Waals surface area contributed by atoms with E-state index in [9.17, 15) is 4.39 Å². The molecule has 0 aliphatic heterocycles. The third-order valence-electron chi connectivity index (χ3n) is 6.04. The van der Waals surface area contributed by atoms with Gasteiger partial charge in [-0.1, -0.05) is 56.9 Å². The van der Waals surface area contributed by atoms with E-state index in [1.54, 1.807) is 23.5 Å². The second-order valence-corrected chi connectivity index (χ2v) is 9.00. The van der Waals surface area contributed by atoms with Gasteiger partial charge in [-0.25, -0.2) is 9.37 Å². The van der Waals surface area contributed by atoms with Crippen LogP contribution in [0.1, 0.15) is 69.8 Å². The first kappa shape index (κ1) is 18.6. The second-order valence-electron chi connectivity index (χ2n) is 7.97. The number of unbranched alkanes of at least 4 members (excludes halogenated alkanes) is 2. The molecule has 1 nitrogen and oxygen atoms in total. The summed E-state index contributed by atoms with van der Waals surface area (Å²) < 4.78 is 14.3. The van der Waals surface area contributed by atoms with Crippen LogP contribution < -0.4 is 0 Å². The third-order valence-corrected chi connectivity index (χ3v) is 7.11. The lowest BCUT2D eigenvalue weighted by atomic mass is 9.77. The number of hydrogen-bond acceptors (Lipinski definition) is 2. The van der Waals surface area contributed by atoms with Crippen molar-refractivity contribution >= 4 is 21.6 Å². The SMILES string of the molecule is CCCCC[C@H]1CC[C@H](c2ccc(-c3nc4ccc(F)cc4s3)cc2)CC1. The van der Waals surface area contributed by atoms with Crippen molar-refractivity contribution in [3.05, 3.63) is 53.8 Å². The average Bonchev–Trinajstić information content (AvgIpc) is 3.12. The molecule has 4 rings (SSSR count). The molecule has 2 aromatic carbocycles. The molecule has 1 fully saturated rings. The van der Waals surface area contributed by atoms with Crippen molar-refractivity contribution in [2.45, 2.75) is 64.2 Å². The van der Waals surface area contributed by atoms with Crippen molar-refractivity contribution in [3.8, 4) is 10.6 Å². The zero-order valence-corrected chi connectivity index (χ0v) is 16.9. The largest absolute Gasteiger partial charge is 0.236 e. The number of benzene rings is 2. The van der Waals surface area contributed by atoms with Crippen LogP contribution in [0.15, 0.2) is 42.5 Å². The average molecular weight is 382 g/mol. The molecule has 0 atom stereocenters. The summed E-state index contributed by atoms with van der Waals surface area (Å²) in [6, 6.07) is 13.8. The Labute approximate surface area is 165 Å². The summed E-state index contributed by atoms with van der Waals surface area (Å²) in [6.07, 6.45) is 11.0. The maximum absolute atomic E-state index is 13.4. The molecule has 1 saturated carbocycles. The summed E-state index contributed by atoms with van der Waals surface area (Å²) in [5, 5.41) is 0.974. The van der Waals surface area contributed by atoms with Crippen molar-refractivity contribution in [1.82, 2.24) is 4.98 Å². The number of fused-ring (bicyclic) bond motifs is 1. The Bertz CT molecular complexity index is 875. The van der Waals surface area contributed by atoms with Gasteiger partial charge in [-0.05, 0) is 61.3 Å². The Morgan fingerprint density at radius 1 is 1.00 bits per heavy atom. The number of thiazole rings is 1. The van der Waals surface area contributed by atoms with Crippen LogP contribution in [0, 0.1) is 11.7 Å². The second kappa shape index (κ2) is 8.52. The highest BCUT2D eigenvalue weighted by Crippen LogP contribution is 2.38. The molecular formula is C24H28FNS. The van der Waals surface area contributed by atoms with Crippen LogP contribution in [0.5, 0.6) is 0 Å². The van der Waals surface area contributed by atoms with E-state index in [1.807, 2.05) is 0 Å². The maximum Gasteiger partial charge on any atom is 0.124 e. The van der Waals surface area contributed by atoms with Crippen molar-refractivity contribution in [3.63, 3.8) is 0 Å². The van der Waals surface area contributed by atoms with Crippen LogP contribution in [-0.4, -0.2) is 4.98 Å².